The van der Waals surface area contributed by atoms with E-state index in [4.69, 9.17) is 17.3 Å². The normalized spacial score (nSPS) is 11.7. The van der Waals surface area contributed by atoms with E-state index in [1.54, 1.807) is 6.08 Å². The van der Waals surface area contributed by atoms with E-state index >= 15 is 0 Å². The molecule has 1 aromatic rings. The van der Waals surface area contributed by atoms with Crippen LogP contribution in [0.15, 0.2) is 24.8 Å². The SMILES string of the molecule is C=CCN(CCS(=O)(=O)CCC(N)=O)Cc1ccc(Cl)s1. The number of hydrogen-bond donors (Lipinski definition) is 1. The number of amides is 1. The van der Waals surface area contributed by atoms with Crippen molar-refractivity contribution in [1.82, 2.24) is 4.90 Å². The van der Waals surface area contributed by atoms with Crippen LogP contribution in [0.5, 0.6) is 0 Å². The van der Waals surface area contributed by atoms with Crippen LogP contribution in [0.3, 0.4) is 0 Å². The Labute approximate surface area is 134 Å². The molecule has 5 nitrogen and oxygen atoms in total. The van der Waals surface area contributed by atoms with E-state index in [2.05, 4.69) is 6.58 Å². The molecule has 21 heavy (non-hydrogen) atoms. The lowest BCUT2D eigenvalue weighted by Gasteiger charge is -2.19. The van der Waals surface area contributed by atoms with E-state index < -0.39 is 15.7 Å². The maximum atomic E-state index is 11.8. The zero-order valence-electron chi connectivity index (χ0n) is 11.6. The first-order valence-corrected chi connectivity index (χ1v) is 9.40. The van der Waals surface area contributed by atoms with Crippen molar-refractivity contribution in [3.63, 3.8) is 0 Å². The van der Waals surface area contributed by atoms with Crippen LogP contribution < -0.4 is 5.73 Å². The summed E-state index contributed by atoms with van der Waals surface area (Å²) in [6.45, 7) is 5.26. The van der Waals surface area contributed by atoms with Gasteiger partial charge in [-0.15, -0.1) is 17.9 Å². The van der Waals surface area contributed by atoms with Gasteiger partial charge >= 0.3 is 0 Å². The summed E-state index contributed by atoms with van der Waals surface area (Å²) in [4.78, 5) is 13.7. The number of thiophene rings is 1. The summed E-state index contributed by atoms with van der Waals surface area (Å²) in [7, 11) is -3.28. The van der Waals surface area contributed by atoms with Gasteiger partial charge in [-0.1, -0.05) is 17.7 Å². The zero-order chi connectivity index (χ0) is 15.9. The van der Waals surface area contributed by atoms with Gasteiger partial charge in [0.2, 0.25) is 5.91 Å². The van der Waals surface area contributed by atoms with Crippen molar-refractivity contribution in [2.45, 2.75) is 13.0 Å². The van der Waals surface area contributed by atoms with E-state index in [-0.39, 0.29) is 17.9 Å². The number of rotatable bonds is 10. The summed E-state index contributed by atoms with van der Waals surface area (Å²) in [6.07, 6.45) is 1.59. The molecule has 0 saturated heterocycles. The molecule has 0 spiro atoms. The second-order valence-electron chi connectivity index (χ2n) is 4.60. The molecule has 0 bridgehead atoms. The molecule has 0 aromatic carbocycles. The molecule has 1 heterocycles. The summed E-state index contributed by atoms with van der Waals surface area (Å²) in [5, 5.41) is 0. The van der Waals surface area contributed by atoms with Gasteiger partial charge in [-0.3, -0.25) is 9.69 Å². The van der Waals surface area contributed by atoms with Gasteiger partial charge in [0.15, 0.2) is 9.84 Å². The predicted molar refractivity (Wildman–Crippen MR) is 87.3 cm³/mol. The first-order chi connectivity index (χ1) is 9.82. The van der Waals surface area contributed by atoms with E-state index in [1.165, 1.54) is 11.3 Å². The summed E-state index contributed by atoms with van der Waals surface area (Å²) in [6, 6.07) is 3.74. The summed E-state index contributed by atoms with van der Waals surface area (Å²) >= 11 is 7.35. The molecule has 118 valence electrons. The molecular weight excluding hydrogens is 332 g/mol. The number of sulfone groups is 1. The van der Waals surface area contributed by atoms with Gasteiger partial charge < -0.3 is 5.73 Å². The fraction of sp³-hybridized carbons (Fsp3) is 0.462. The topological polar surface area (TPSA) is 80.5 Å². The van der Waals surface area contributed by atoms with Gasteiger partial charge in [-0.05, 0) is 12.1 Å². The standard InChI is InChI=1S/C13H19ClN2O3S2/c1-2-6-16(10-11-3-4-12(14)20-11)7-9-21(18,19)8-5-13(15)17/h2-4H,1,5-10H2,(H2,15,17). The molecule has 0 aliphatic rings. The average molecular weight is 351 g/mol. The second-order valence-corrected chi connectivity index (χ2v) is 8.70. The van der Waals surface area contributed by atoms with Crippen molar-refractivity contribution in [2.24, 2.45) is 5.73 Å². The minimum atomic E-state index is -3.28. The fourth-order valence-corrected chi connectivity index (χ4v) is 4.08. The molecule has 0 aliphatic heterocycles. The molecule has 0 unspecified atom stereocenters. The number of primary amides is 1. The Morgan fingerprint density at radius 2 is 2.14 bits per heavy atom. The van der Waals surface area contributed by atoms with Crippen LogP contribution >= 0.6 is 22.9 Å². The van der Waals surface area contributed by atoms with Crippen LogP contribution in [0.4, 0.5) is 0 Å². The summed E-state index contributed by atoms with van der Waals surface area (Å²) < 4.78 is 24.3. The molecule has 1 amide bonds. The largest absolute Gasteiger partial charge is 0.370 e. The maximum absolute atomic E-state index is 11.8. The van der Waals surface area contributed by atoms with E-state index in [0.717, 1.165) is 4.88 Å². The maximum Gasteiger partial charge on any atom is 0.218 e. The number of hydrogen-bond acceptors (Lipinski definition) is 5. The smallest absolute Gasteiger partial charge is 0.218 e. The van der Waals surface area contributed by atoms with Crippen molar-refractivity contribution in [1.29, 1.82) is 0 Å². The third kappa shape index (κ3) is 7.61. The van der Waals surface area contributed by atoms with Gasteiger partial charge in [-0.25, -0.2) is 8.42 Å². The van der Waals surface area contributed by atoms with Crippen molar-refractivity contribution in [2.75, 3.05) is 24.6 Å². The Morgan fingerprint density at radius 3 is 2.67 bits per heavy atom. The molecule has 0 atom stereocenters. The minimum absolute atomic E-state index is 0.00672. The third-order valence-electron chi connectivity index (χ3n) is 2.77. The Hall–Kier alpha value is -0.890. The molecule has 1 aromatic heterocycles. The summed E-state index contributed by atoms with van der Waals surface area (Å²) in [5.74, 6) is -0.808. The zero-order valence-corrected chi connectivity index (χ0v) is 14.0. The molecule has 1 rings (SSSR count). The lowest BCUT2D eigenvalue weighted by molar-refractivity contribution is -0.117. The first-order valence-electron chi connectivity index (χ1n) is 6.38. The average Bonchev–Trinajstić information content (AvgIpc) is 2.80. The summed E-state index contributed by atoms with van der Waals surface area (Å²) in [5.41, 5.74) is 4.97. The van der Waals surface area contributed by atoms with Crippen LogP contribution in [-0.4, -0.2) is 43.8 Å². The highest BCUT2D eigenvalue weighted by Gasteiger charge is 2.15. The van der Waals surface area contributed by atoms with Crippen LogP contribution in [0, 0.1) is 0 Å². The Kier molecular flexibility index (Phi) is 7.37. The van der Waals surface area contributed by atoms with Gasteiger partial charge in [0, 0.05) is 30.9 Å². The number of nitrogens with zero attached hydrogens (tertiary/aromatic N) is 1. The third-order valence-corrected chi connectivity index (χ3v) is 5.62. The molecule has 0 saturated carbocycles. The van der Waals surface area contributed by atoms with Crippen LogP contribution in [0.1, 0.15) is 11.3 Å². The first kappa shape index (κ1) is 18.2. The lowest BCUT2D eigenvalue weighted by atomic mass is 10.4. The van der Waals surface area contributed by atoms with Crippen LogP contribution in [-0.2, 0) is 21.2 Å². The van der Waals surface area contributed by atoms with Gasteiger partial charge in [0.25, 0.3) is 0 Å². The molecule has 2 N–H and O–H groups in total. The molecule has 0 radical (unpaired) electrons. The molecular formula is C13H19ClN2O3S2. The lowest BCUT2D eigenvalue weighted by Crippen LogP contribution is -2.30. The van der Waals surface area contributed by atoms with E-state index in [0.29, 0.717) is 24.0 Å². The van der Waals surface area contributed by atoms with E-state index in [9.17, 15) is 13.2 Å². The number of carbonyl (C=O) groups is 1. The number of halogens is 1. The molecule has 0 fully saturated rings. The fourth-order valence-electron chi connectivity index (χ4n) is 1.70. The number of carbonyl (C=O) groups excluding carboxylic acids is 1. The van der Waals surface area contributed by atoms with Gasteiger partial charge in [0.1, 0.15) is 0 Å². The highest BCUT2D eigenvalue weighted by atomic mass is 35.5. The van der Waals surface area contributed by atoms with Crippen molar-refractivity contribution in [3.8, 4) is 0 Å². The molecule has 8 heteroatoms. The Balaban J connectivity index is 2.54. The Morgan fingerprint density at radius 1 is 1.43 bits per heavy atom. The second kappa shape index (κ2) is 8.53. The quantitative estimate of drug-likeness (QED) is 0.651. The van der Waals surface area contributed by atoms with Crippen LogP contribution in [0.2, 0.25) is 4.34 Å². The van der Waals surface area contributed by atoms with Crippen molar-refractivity contribution in [3.05, 3.63) is 34.0 Å². The van der Waals surface area contributed by atoms with E-state index in [1.807, 2.05) is 17.0 Å². The van der Waals surface area contributed by atoms with Gasteiger partial charge in [0.05, 0.1) is 15.8 Å². The Bertz CT molecular complexity index is 584. The van der Waals surface area contributed by atoms with Crippen molar-refractivity contribution >= 4 is 38.7 Å². The van der Waals surface area contributed by atoms with Crippen LogP contribution in [0.25, 0.3) is 0 Å². The minimum Gasteiger partial charge on any atom is -0.370 e. The van der Waals surface area contributed by atoms with Gasteiger partial charge in [-0.2, -0.15) is 0 Å². The predicted octanol–water partition coefficient (Wildman–Crippen LogP) is 1.68. The van der Waals surface area contributed by atoms with Crippen molar-refractivity contribution < 1.29 is 13.2 Å². The highest BCUT2D eigenvalue weighted by molar-refractivity contribution is 7.91. The number of nitrogens with two attached hydrogens (primary N) is 1. The highest BCUT2D eigenvalue weighted by Crippen LogP contribution is 2.22. The monoisotopic (exact) mass is 350 g/mol. The molecule has 0 aliphatic carbocycles.